The molecule has 1 heteroatoms. The van der Waals surface area contributed by atoms with Crippen LogP contribution in [0.2, 0.25) is 0 Å². The highest BCUT2D eigenvalue weighted by atomic mass is 79.9. The molecule has 0 N–H and O–H groups in total. The van der Waals surface area contributed by atoms with Crippen LogP contribution in [0.15, 0.2) is 71.2 Å². The number of rotatable bonds is 1. The zero-order valence-electron chi connectivity index (χ0n) is 16.7. The average Bonchev–Trinajstić information content (AvgIpc) is 2.68. The van der Waals surface area contributed by atoms with Crippen LogP contribution in [0.3, 0.4) is 0 Å². The van der Waals surface area contributed by atoms with Crippen LogP contribution in [-0.4, -0.2) is 0 Å². The summed E-state index contributed by atoms with van der Waals surface area (Å²) in [5, 5.41) is 5.52. The number of halogens is 1. The highest BCUT2D eigenvalue weighted by molar-refractivity contribution is 9.10. The largest absolute Gasteiger partial charge is 0.0616 e. The van der Waals surface area contributed by atoms with Gasteiger partial charge in [0.15, 0.2) is 0 Å². The van der Waals surface area contributed by atoms with Gasteiger partial charge in [-0.2, -0.15) is 0 Å². The van der Waals surface area contributed by atoms with Gasteiger partial charge in [-0.05, 0) is 87.0 Å². The Morgan fingerprint density at radius 3 is 2.50 bits per heavy atom. The van der Waals surface area contributed by atoms with E-state index in [1.165, 1.54) is 49.1 Å². The molecule has 0 aromatic heterocycles. The van der Waals surface area contributed by atoms with Crippen LogP contribution < -0.4 is 0 Å². The van der Waals surface area contributed by atoms with Crippen molar-refractivity contribution in [3.05, 3.63) is 93.5 Å². The number of benzene rings is 4. The van der Waals surface area contributed by atoms with E-state index < -0.39 is 0 Å². The van der Waals surface area contributed by atoms with Gasteiger partial charge >= 0.3 is 0 Å². The van der Waals surface area contributed by atoms with E-state index >= 15 is 0 Å². The van der Waals surface area contributed by atoms with Crippen molar-refractivity contribution in [2.45, 2.75) is 44.9 Å². The normalized spacial score (nSPS) is 18.4. The third kappa shape index (κ3) is 2.79. The van der Waals surface area contributed by atoms with E-state index in [2.05, 4.69) is 103 Å². The lowest BCUT2D eigenvalue weighted by atomic mass is 9.65. The van der Waals surface area contributed by atoms with Crippen LogP contribution in [-0.2, 0) is 11.8 Å². The fourth-order valence-electron chi connectivity index (χ4n) is 5.43. The minimum absolute atomic E-state index is 0.148. The predicted molar refractivity (Wildman–Crippen MR) is 124 cm³/mol. The van der Waals surface area contributed by atoms with Gasteiger partial charge in [0.25, 0.3) is 0 Å². The SMILES string of the molecule is Cc1ccc(Br)cc1C1Cc2ccc3c(ccc4ccccc43)c2C(C)(C)C1. The lowest BCUT2D eigenvalue weighted by Gasteiger charge is -2.39. The molecule has 1 atom stereocenters. The topological polar surface area (TPSA) is 0 Å². The third-order valence-corrected chi connectivity index (χ3v) is 7.09. The summed E-state index contributed by atoms with van der Waals surface area (Å²) in [6.07, 6.45) is 2.31. The summed E-state index contributed by atoms with van der Waals surface area (Å²) >= 11 is 3.68. The first kappa shape index (κ1) is 17.9. The van der Waals surface area contributed by atoms with Crippen LogP contribution in [0.1, 0.15) is 48.4 Å². The van der Waals surface area contributed by atoms with Gasteiger partial charge in [0.2, 0.25) is 0 Å². The molecule has 5 rings (SSSR count). The van der Waals surface area contributed by atoms with Crippen molar-refractivity contribution in [1.29, 1.82) is 0 Å². The van der Waals surface area contributed by atoms with Crippen molar-refractivity contribution in [3.63, 3.8) is 0 Å². The summed E-state index contributed by atoms with van der Waals surface area (Å²) in [6.45, 7) is 7.11. The van der Waals surface area contributed by atoms with Crippen molar-refractivity contribution in [1.82, 2.24) is 0 Å². The van der Waals surface area contributed by atoms with E-state index in [4.69, 9.17) is 0 Å². The van der Waals surface area contributed by atoms with Gasteiger partial charge in [-0.25, -0.2) is 0 Å². The molecule has 1 aliphatic carbocycles. The second-order valence-corrected chi connectivity index (χ2v) is 9.89. The van der Waals surface area contributed by atoms with Crippen LogP contribution in [0.5, 0.6) is 0 Å². The van der Waals surface area contributed by atoms with Crippen LogP contribution in [0, 0.1) is 6.92 Å². The molecule has 0 amide bonds. The maximum atomic E-state index is 3.68. The van der Waals surface area contributed by atoms with E-state index in [-0.39, 0.29) is 5.41 Å². The molecule has 0 bridgehead atoms. The van der Waals surface area contributed by atoms with Gasteiger partial charge in [0.1, 0.15) is 0 Å². The van der Waals surface area contributed by atoms with E-state index in [0.29, 0.717) is 5.92 Å². The maximum absolute atomic E-state index is 3.68. The van der Waals surface area contributed by atoms with Crippen LogP contribution in [0.4, 0.5) is 0 Å². The average molecular weight is 429 g/mol. The predicted octanol–water partition coefficient (Wildman–Crippen LogP) is 8.07. The molecule has 1 unspecified atom stereocenters. The zero-order chi connectivity index (χ0) is 19.5. The Bertz CT molecular complexity index is 1220. The monoisotopic (exact) mass is 428 g/mol. The summed E-state index contributed by atoms with van der Waals surface area (Å²) < 4.78 is 1.18. The van der Waals surface area contributed by atoms with Crippen molar-refractivity contribution in [3.8, 4) is 0 Å². The second-order valence-electron chi connectivity index (χ2n) is 8.97. The Labute approximate surface area is 175 Å². The minimum Gasteiger partial charge on any atom is -0.0616 e. The first-order chi connectivity index (χ1) is 13.4. The van der Waals surface area contributed by atoms with Gasteiger partial charge in [-0.3, -0.25) is 0 Å². The third-order valence-electron chi connectivity index (χ3n) is 6.59. The van der Waals surface area contributed by atoms with E-state index in [0.717, 1.165) is 6.42 Å². The Kier molecular flexibility index (Phi) is 4.14. The molecule has 0 heterocycles. The minimum atomic E-state index is 0.148. The van der Waals surface area contributed by atoms with Gasteiger partial charge in [0, 0.05) is 4.47 Å². The second kappa shape index (κ2) is 6.46. The van der Waals surface area contributed by atoms with Gasteiger partial charge in [0.05, 0.1) is 0 Å². The fourth-order valence-corrected chi connectivity index (χ4v) is 5.81. The maximum Gasteiger partial charge on any atom is 0.0178 e. The zero-order valence-corrected chi connectivity index (χ0v) is 18.3. The number of hydrogen-bond donors (Lipinski definition) is 0. The number of aryl methyl sites for hydroxylation is 1. The summed E-state index contributed by atoms with van der Waals surface area (Å²) in [7, 11) is 0. The molecule has 0 radical (unpaired) electrons. The molecular weight excluding hydrogens is 404 g/mol. The first-order valence-corrected chi connectivity index (χ1v) is 10.9. The molecule has 0 aliphatic heterocycles. The molecule has 28 heavy (non-hydrogen) atoms. The van der Waals surface area contributed by atoms with E-state index in [1.807, 2.05) is 0 Å². The molecule has 140 valence electrons. The Balaban J connectivity index is 1.71. The lowest BCUT2D eigenvalue weighted by molar-refractivity contribution is 0.394. The molecule has 0 spiro atoms. The highest BCUT2D eigenvalue weighted by Gasteiger charge is 2.35. The van der Waals surface area contributed by atoms with Crippen LogP contribution in [0.25, 0.3) is 21.5 Å². The molecule has 0 saturated carbocycles. The Hall–Kier alpha value is -2.12. The van der Waals surface area contributed by atoms with E-state index in [9.17, 15) is 0 Å². The molecule has 1 aliphatic rings. The Morgan fingerprint density at radius 1 is 0.857 bits per heavy atom. The van der Waals surface area contributed by atoms with Crippen molar-refractivity contribution < 1.29 is 0 Å². The standard InChI is InChI=1S/C27H25Br/c1-17-8-11-21(28)15-25(17)20-14-19-10-12-23-22-7-5-4-6-18(22)9-13-24(23)26(19)27(2,3)16-20/h4-13,15,20H,14,16H2,1-3H3. The molecule has 0 fully saturated rings. The van der Waals surface area contributed by atoms with Gasteiger partial charge < -0.3 is 0 Å². The van der Waals surface area contributed by atoms with Gasteiger partial charge in [-0.15, -0.1) is 0 Å². The number of fused-ring (bicyclic) bond motifs is 5. The Morgan fingerprint density at radius 2 is 1.64 bits per heavy atom. The fraction of sp³-hybridized carbons (Fsp3) is 0.259. The molecular formula is C27H25Br. The quantitative estimate of drug-likeness (QED) is 0.268. The van der Waals surface area contributed by atoms with Crippen molar-refractivity contribution in [2.75, 3.05) is 0 Å². The van der Waals surface area contributed by atoms with Crippen molar-refractivity contribution in [2.24, 2.45) is 0 Å². The van der Waals surface area contributed by atoms with Crippen LogP contribution >= 0.6 is 15.9 Å². The molecule has 4 aromatic carbocycles. The first-order valence-electron chi connectivity index (χ1n) is 10.1. The summed E-state index contributed by atoms with van der Waals surface area (Å²) in [4.78, 5) is 0. The smallest absolute Gasteiger partial charge is 0.0178 e. The molecule has 0 saturated heterocycles. The summed E-state index contributed by atoms with van der Waals surface area (Å²) in [6, 6.07) is 24.9. The lowest BCUT2D eigenvalue weighted by Crippen LogP contribution is -2.29. The highest BCUT2D eigenvalue weighted by Crippen LogP contribution is 2.47. The van der Waals surface area contributed by atoms with Gasteiger partial charge in [-0.1, -0.05) is 84.4 Å². The van der Waals surface area contributed by atoms with E-state index in [1.54, 1.807) is 5.56 Å². The summed E-state index contributed by atoms with van der Waals surface area (Å²) in [5.41, 5.74) is 6.11. The molecule has 4 aromatic rings. The number of hydrogen-bond acceptors (Lipinski definition) is 0. The summed E-state index contributed by atoms with van der Waals surface area (Å²) in [5.74, 6) is 0.568. The van der Waals surface area contributed by atoms with Crippen molar-refractivity contribution >= 4 is 37.5 Å². The molecule has 0 nitrogen and oxygen atoms in total.